The summed E-state index contributed by atoms with van der Waals surface area (Å²) in [6, 6.07) is 31.6. The van der Waals surface area contributed by atoms with Gasteiger partial charge in [-0.25, -0.2) is 0 Å². The van der Waals surface area contributed by atoms with Gasteiger partial charge in [-0.05, 0) is 81.4 Å². The third-order valence-corrected chi connectivity index (χ3v) is 7.23. The number of fused-ring (bicyclic) bond motifs is 3. The largest absolute Gasteiger partial charge is 0.491 e. The van der Waals surface area contributed by atoms with E-state index in [4.69, 9.17) is 9.84 Å². The molecule has 2 aromatic heterocycles. The molecule has 0 unspecified atom stereocenters. The molecule has 1 N–H and O–H groups in total. The Bertz CT molecular complexity index is 1570. The lowest BCUT2D eigenvalue weighted by atomic mass is 9.82. The van der Waals surface area contributed by atoms with Crippen molar-refractivity contribution in [2.24, 2.45) is 0 Å². The Kier molecular flexibility index (Phi) is 5.82. The molecule has 0 saturated heterocycles. The van der Waals surface area contributed by atoms with Crippen molar-refractivity contribution in [2.75, 3.05) is 13.2 Å². The molecule has 6 rings (SSSR count). The van der Waals surface area contributed by atoms with Gasteiger partial charge in [-0.3, -0.25) is 9.97 Å². The van der Waals surface area contributed by atoms with Crippen LogP contribution in [0.15, 0.2) is 103 Å². The SMILES string of the molecule is CC1(C)c2ccc(-c3ccc(-c4ccccn4)nc3)cc2-c2cc(-c3cccc(OCCO)c3)ccc21. The quantitative estimate of drug-likeness (QED) is 0.278. The van der Waals surface area contributed by atoms with E-state index in [0.29, 0.717) is 0 Å². The van der Waals surface area contributed by atoms with E-state index in [-0.39, 0.29) is 18.6 Å². The molecule has 0 amide bonds. The minimum absolute atomic E-state index is 0.00133. The number of ether oxygens (including phenoxy) is 1. The number of benzene rings is 3. The number of rotatable bonds is 6. The van der Waals surface area contributed by atoms with Crippen LogP contribution in [-0.4, -0.2) is 28.3 Å². The van der Waals surface area contributed by atoms with Crippen LogP contribution in [0.25, 0.3) is 44.8 Å². The van der Waals surface area contributed by atoms with E-state index in [1.54, 1.807) is 6.20 Å². The van der Waals surface area contributed by atoms with E-state index in [1.165, 1.54) is 22.3 Å². The summed E-state index contributed by atoms with van der Waals surface area (Å²) in [5.41, 5.74) is 11.3. The predicted octanol–water partition coefficient (Wildman–Crippen LogP) is 7.16. The smallest absolute Gasteiger partial charge is 0.120 e. The van der Waals surface area contributed by atoms with Gasteiger partial charge in [0.1, 0.15) is 12.4 Å². The fourth-order valence-corrected chi connectivity index (χ4v) is 5.29. The lowest BCUT2D eigenvalue weighted by Gasteiger charge is -2.21. The van der Waals surface area contributed by atoms with Gasteiger partial charge in [0.15, 0.2) is 0 Å². The standard InChI is InChI=1S/C33H28N2O2/c1-33(2)29-12-9-23(22-6-5-7-26(18-22)37-17-16-36)19-27(29)28-20-24(10-13-30(28)33)25-11-14-32(35-21-25)31-8-3-4-15-34-31/h3-15,18-21,36H,16-17H2,1-2H3. The Balaban J connectivity index is 1.38. The lowest BCUT2D eigenvalue weighted by Crippen LogP contribution is -2.14. The summed E-state index contributed by atoms with van der Waals surface area (Å²) >= 11 is 0. The number of hydrogen-bond donors (Lipinski definition) is 1. The molecule has 37 heavy (non-hydrogen) atoms. The Morgan fingerprint density at radius 1 is 0.676 bits per heavy atom. The van der Waals surface area contributed by atoms with E-state index >= 15 is 0 Å². The fraction of sp³-hybridized carbons (Fsp3) is 0.152. The summed E-state index contributed by atoms with van der Waals surface area (Å²) in [5.74, 6) is 0.761. The van der Waals surface area contributed by atoms with Crippen molar-refractivity contribution in [3.63, 3.8) is 0 Å². The third kappa shape index (κ3) is 4.20. The van der Waals surface area contributed by atoms with Gasteiger partial charge in [0.05, 0.1) is 18.0 Å². The van der Waals surface area contributed by atoms with E-state index in [1.807, 2.05) is 48.7 Å². The summed E-state index contributed by atoms with van der Waals surface area (Å²) in [6.07, 6.45) is 3.72. The fourth-order valence-electron chi connectivity index (χ4n) is 5.29. The highest BCUT2D eigenvalue weighted by molar-refractivity contribution is 5.87. The highest BCUT2D eigenvalue weighted by atomic mass is 16.5. The minimum Gasteiger partial charge on any atom is -0.491 e. The third-order valence-electron chi connectivity index (χ3n) is 7.23. The highest BCUT2D eigenvalue weighted by Gasteiger charge is 2.35. The maximum absolute atomic E-state index is 9.10. The van der Waals surface area contributed by atoms with Gasteiger partial charge >= 0.3 is 0 Å². The number of nitrogens with zero attached hydrogens (tertiary/aromatic N) is 2. The summed E-state index contributed by atoms with van der Waals surface area (Å²) in [5, 5.41) is 9.10. The Morgan fingerprint density at radius 3 is 2.00 bits per heavy atom. The first-order chi connectivity index (χ1) is 18.0. The average Bonchev–Trinajstić information content (AvgIpc) is 3.18. The van der Waals surface area contributed by atoms with Crippen molar-refractivity contribution in [3.05, 3.63) is 115 Å². The first-order valence-electron chi connectivity index (χ1n) is 12.6. The molecule has 4 heteroatoms. The summed E-state index contributed by atoms with van der Waals surface area (Å²) in [4.78, 5) is 9.10. The van der Waals surface area contributed by atoms with E-state index in [9.17, 15) is 0 Å². The second-order valence-electron chi connectivity index (χ2n) is 9.89. The molecule has 0 atom stereocenters. The van der Waals surface area contributed by atoms with Crippen LogP contribution in [0.5, 0.6) is 5.75 Å². The minimum atomic E-state index is -0.0745. The molecule has 0 fully saturated rings. The lowest BCUT2D eigenvalue weighted by molar-refractivity contribution is 0.201. The zero-order chi connectivity index (χ0) is 25.4. The summed E-state index contributed by atoms with van der Waals surface area (Å²) < 4.78 is 5.64. The molecule has 182 valence electrons. The van der Waals surface area contributed by atoms with Gasteiger partial charge in [-0.1, -0.05) is 62.4 Å². The van der Waals surface area contributed by atoms with E-state index in [0.717, 1.165) is 39.4 Å². The van der Waals surface area contributed by atoms with Crippen molar-refractivity contribution in [1.29, 1.82) is 0 Å². The first-order valence-corrected chi connectivity index (χ1v) is 12.6. The van der Waals surface area contributed by atoms with Crippen LogP contribution in [0, 0.1) is 0 Å². The maximum Gasteiger partial charge on any atom is 0.120 e. The monoisotopic (exact) mass is 484 g/mol. The number of aliphatic hydroxyl groups excluding tert-OH is 1. The van der Waals surface area contributed by atoms with E-state index in [2.05, 4.69) is 72.3 Å². The summed E-state index contributed by atoms with van der Waals surface area (Å²) in [7, 11) is 0. The predicted molar refractivity (Wildman–Crippen MR) is 148 cm³/mol. The number of aromatic nitrogens is 2. The Hall–Kier alpha value is -4.28. The molecule has 0 saturated carbocycles. The van der Waals surface area contributed by atoms with Crippen LogP contribution in [0.3, 0.4) is 0 Å². The molecule has 5 aromatic rings. The molecule has 1 aliphatic rings. The first kappa shape index (κ1) is 23.1. The molecular weight excluding hydrogens is 456 g/mol. The molecule has 1 aliphatic carbocycles. The van der Waals surface area contributed by atoms with Crippen LogP contribution < -0.4 is 4.74 Å². The van der Waals surface area contributed by atoms with Crippen molar-refractivity contribution >= 4 is 0 Å². The second-order valence-corrected chi connectivity index (χ2v) is 9.89. The normalized spacial score (nSPS) is 13.2. The molecule has 2 heterocycles. The van der Waals surface area contributed by atoms with Crippen LogP contribution in [0.1, 0.15) is 25.0 Å². The maximum atomic E-state index is 9.10. The van der Waals surface area contributed by atoms with Crippen molar-refractivity contribution in [2.45, 2.75) is 19.3 Å². The molecule has 0 bridgehead atoms. The topological polar surface area (TPSA) is 55.2 Å². The van der Waals surface area contributed by atoms with Crippen molar-refractivity contribution < 1.29 is 9.84 Å². The molecule has 4 nitrogen and oxygen atoms in total. The molecular formula is C33H28N2O2. The van der Waals surface area contributed by atoms with Gasteiger partial charge in [-0.15, -0.1) is 0 Å². The number of aliphatic hydroxyl groups is 1. The van der Waals surface area contributed by atoms with Gasteiger partial charge in [0, 0.05) is 23.4 Å². The Labute approximate surface area is 217 Å². The summed E-state index contributed by atoms with van der Waals surface area (Å²) in [6.45, 7) is 4.88. The average molecular weight is 485 g/mol. The molecule has 0 aliphatic heterocycles. The van der Waals surface area contributed by atoms with Gasteiger partial charge in [-0.2, -0.15) is 0 Å². The Morgan fingerprint density at radius 2 is 1.35 bits per heavy atom. The molecule has 3 aromatic carbocycles. The van der Waals surface area contributed by atoms with Crippen LogP contribution >= 0.6 is 0 Å². The zero-order valence-corrected chi connectivity index (χ0v) is 21.0. The van der Waals surface area contributed by atoms with Gasteiger partial charge in [0.25, 0.3) is 0 Å². The van der Waals surface area contributed by atoms with Gasteiger partial charge in [0.2, 0.25) is 0 Å². The van der Waals surface area contributed by atoms with Gasteiger partial charge < -0.3 is 9.84 Å². The highest BCUT2D eigenvalue weighted by Crippen LogP contribution is 2.50. The molecule has 0 spiro atoms. The van der Waals surface area contributed by atoms with Crippen LogP contribution in [0.4, 0.5) is 0 Å². The number of pyridine rings is 2. The zero-order valence-electron chi connectivity index (χ0n) is 21.0. The van der Waals surface area contributed by atoms with Crippen molar-refractivity contribution in [1.82, 2.24) is 9.97 Å². The van der Waals surface area contributed by atoms with Crippen LogP contribution in [0.2, 0.25) is 0 Å². The van der Waals surface area contributed by atoms with E-state index < -0.39 is 0 Å². The van der Waals surface area contributed by atoms with Crippen molar-refractivity contribution in [3.8, 4) is 50.5 Å². The molecule has 0 radical (unpaired) electrons. The second kappa shape index (κ2) is 9.30. The number of hydrogen-bond acceptors (Lipinski definition) is 4. The van der Waals surface area contributed by atoms with Crippen LogP contribution in [-0.2, 0) is 5.41 Å².